The predicted molar refractivity (Wildman–Crippen MR) is 74.2 cm³/mol. The van der Waals surface area contributed by atoms with Crippen molar-refractivity contribution in [3.8, 4) is 0 Å². The summed E-state index contributed by atoms with van der Waals surface area (Å²) in [5, 5.41) is 10.7. The third-order valence-electron chi connectivity index (χ3n) is 3.99. The molecule has 0 heterocycles. The first-order valence-electron chi connectivity index (χ1n) is 7.00. The van der Waals surface area contributed by atoms with Crippen LogP contribution in [0.15, 0.2) is 0 Å². The van der Waals surface area contributed by atoms with Crippen molar-refractivity contribution in [3.05, 3.63) is 0 Å². The fraction of sp³-hybridized carbons (Fsp3) is 0.786. The van der Waals surface area contributed by atoms with Crippen LogP contribution in [0.5, 0.6) is 0 Å². The highest BCUT2D eigenvalue weighted by molar-refractivity contribution is 5.95. The van der Waals surface area contributed by atoms with Gasteiger partial charge in [0.2, 0.25) is 5.91 Å². The van der Waals surface area contributed by atoms with Gasteiger partial charge in [0.25, 0.3) is 0 Å². The highest BCUT2D eigenvalue weighted by Crippen LogP contribution is 2.36. The number of hydrogen-bond acceptors (Lipinski definition) is 3. The molecule has 0 radical (unpaired) electrons. The van der Waals surface area contributed by atoms with Crippen LogP contribution >= 0.6 is 0 Å². The minimum absolute atomic E-state index is 0.148. The Morgan fingerprint density at radius 1 is 1.20 bits per heavy atom. The second-order valence-corrected chi connectivity index (χ2v) is 6.25. The summed E-state index contributed by atoms with van der Waals surface area (Å²) in [6, 6.07) is -0.291. The second kappa shape index (κ2) is 6.72. The topological polar surface area (TPSA) is 86.7 Å². The zero-order chi connectivity index (χ0) is 15.3. The summed E-state index contributed by atoms with van der Waals surface area (Å²) in [6.45, 7) is 4.44. The second-order valence-electron chi connectivity index (χ2n) is 6.25. The minimum Gasteiger partial charge on any atom is -0.481 e. The van der Waals surface area contributed by atoms with Gasteiger partial charge in [-0.05, 0) is 31.1 Å². The zero-order valence-electron chi connectivity index (χ0n) is 12.4. The lowest BCUT2D eigenvalue weighted by molar-refractivity contribution is -0.138. The molecule has 6 heteroatoms. The van der Waals surface area contributed by atoms with Crippen molar-refractivity contribution in [1.82, 2.24) is 10.2 Å². The van der Waals surface area contributed by atoms with Gasteiger partial charge in [-0.1, -0.05) is 13.8 Å². The smallest absolute Gasteiger partial charge is 0.324 e. The average molecular weight is 284 g/mol. The molecule has 2 N–H and O–H groups in total. The first-order valence-corrected chi connectivity index (χ1v) is 7.00. The third kappa shape index (κ3) is 5.19. The van der Waals surface area contributed by atoms with Gasteiger partial charge in [0.15, 0.2) is 0 Å². The highest BCUT2D eigenvalue weighted by atomic mass is 16.4. The fourth-order valence-corrected chi connectivity index (χ4v) is 2.43. The summed E-state index contributed by atoms with van der Waals surface area (Å²) in [6.07, 6.45) is 3.54. The van der Waals surface area contributed by atoms with Gasteiger partial charge in [-0.2, -0.15) is 0 Å². The molecule has 0 aromatic heterocycles. The van der Waals surface area contributed by atoms with E-state index < -0.39 is 17.9 Å². The Balaban J connectivity index is 2.39. The third-order valence-corrected chi connectivity index (χ3v) is 3.99. The Morgan fingerprint density at radius 2 is 1.75 bits per heavy atom. The summed E-state index contributed by atoms with van der Waals surface area (Å²) in [4.78, 5) is 35.3. The van der Waals surface area contributed by atoms with E-state index in [1.165, 1.54) is 0 Å². The number of hydrogen-bond donors (Lipinski definition) is 2. The number of carboxylic acids is 1. The molecule has 1 fully saturated rings. The van der Waals surface area contributed by atoms with Gasteiger partial charge in [0.05, 0.1) is 6.42 Å². The van der Waals surface area contributed by atoms with Crippen LogP contribution in [-0.2, 0) is 9.59 Å². The van der Waals surface area contributed by atoms with Gasteiger partial charge in [-0.25, -0.2) is 4.79 Å². The van der Waals surface area contributed by atoms with Crippen LogP contribution in [0.25, 0.3) is 0 Å². The number of carboxylic acid groups (broad SMARTS) is 1. The molecule has 0 aliphatic heterocycles. The van der Waals surface area contributed by atoms with Crippen molar-refractivity contribution in [1.29, 1.82) is 0 Å². The van der Waals surface area contributed by atoms with E-state index in [0.717, 1.165) is 25.7 Å². The molecule has 1 rings (SSSR count). The Kier molecular flexibility index (Phi) is 5.53. The summed E-state index contributed by atoms with van der Waals surface area (Å²) in [5.41, 5.74) is 0.325. The molecular weight excluding hydrogens is 260 g/mol. The van der Waals surface area contributed by atoms with E-state index in [2.05, 4.69) is 19.2 Å². The van der Waals surface area contributed by atoms with Crippen LogP contribution in [0.4, 0.5) is 4.79 Å². The molecule has 0 bridgehead atoms. The lowest BCUT2D eigenvalue weighted by Gasteiger charge is -2.38. The van der Waals surface area contributed by atoms with Crippen molar-refractivity contribution in [3.63, 3.8) is 0 Å². The molecule has 1 aliphatic rings. The quantitative estimate of drug-likeness (QED) is 0.826. The van der Waals surface area contributed by atoms with E-state index in [1.54, 1.807) is 11.9 Å². The lowest BCUT2D eigenvalue weighted by Crippen LogP contribution is -2.47. The lowest BCUT2D eigenvalue weighted by atomic mass is 9.75. The van der Waals surface area contributed by atoms with Crippen LogP contribution in [0.3, 0.4) is 0 Å². The predicted octanol–water partition coefficient (Wildman–Crippen LogP) is 1.99. The molecule has 0 aromatic rings. The Bertz CT molecular complexity index is 383. The Hall–Kier alpha value is -1.59. The first-order chi connectivity index (χ1) is 9.21. The summed E-state index contributed by atoms with van der Waals surface area (Å²) >= 11 is 0. The molecule has 0 saturated heterocycles. The SMILES string of the molecule is CN(C(=O)NC(=O)CCC(=O)O)C1CCC(C)(C)CC1. The molecular formula is C14H24N2O4. The van der Waals surface area contributed by atoms with Crippen LogP contribution in [0.2, 0.25) is 0 Å². The van der Waals surface area contributed by atoms with Crippen molar-refractivity contribution in [2.24, 2.45) is 5.41 Å². The van der Waals surface area contributed by atoms with E-state index >= 15 is 0 Å². The van der Waals surface area contributed by atoms with Crippen molar-refractivity contribution in [2.45, 2.75) is 58.4 Å². The number of nitrogens with one attached hydrogen (secondary N) is 1. The number of nitrogens with zero attached hydrogens (tertiary/aromatic N) is 1. The maximum atomic E-state index is 11.9. The number of carbonyl (C=O) groups is 3. The largest absolute Gasteiger partial charge is 0.481 e. The molecule has 1 aliphatic carbocycles. The van der Waals surface area contributed by atoms with Gasteiger partial charge in [0, 0.05) is 19.5 Å². The Labute approximate surface area is 119 Å². The molecule has 0 unspecified atom stereocenters. The van der Waals surface area contributed by atoms with Crippen LogP contribution in [-0.4, -0.2) is 41.0 Å². The zero-order valence-corrected chi connectivity index (χ0v) is 12.4. The van der Waals surface area contributed by atoms with E-state index in [9.17, 15) is 14.4 Å². The first kappa shape index (κ1) is 16.5. The van der Waals surface area contributed by atoms with Gasteiger partial charge >= 0.3 is 12.0 Å². The van der Waals surface area contributed by atoms with E-state index in [1.807, 2.05) is 0 Å². The number of amides is 3. The molecule has 114 valence electrons. The summed E-state index contributed by atoms with van der Waals surface area (Å²) in [5.74, 6) is -1.59. The van der Waals surface area contributed by atoms with E-state index in [4.69, 9.17) is 5.11 Å². The van der Waals surface area contributed by atoms with Crippen LogP contribution in [0, 0.1) is 5.41 Å². The van der Waals surface area contributed by atoms with Crippen LogP contribution < -0.4 is 5.32 Å². The molecule has 3 amide bonds. The number of imide groups is 1. The average Bonchev–Trinajstić information content (AvgIpc) is 2.35. The maximum Gasteiger partial charge on any atom is 0.324 e. The molecule has 0 atom stereocenters. The highest BCUT2D eigenvalue weighted by Gasteiger charge is 2.30. The summed E-state index contributed by atoms with van der Waals surface area (Å²) in [7, 11) is 1.68. The van der Waals surface area contributed by atoms with E-state index in [0.29, 0.717) is 5.41 Å². The monoisotopic (exact) mass is 284 g/mol. The van der Waals surface area contributed by atoms with Crippen LogP contribution in [0.1, 0.15) is 52.4 Å². The minimum atomic E-state index is -1.05. The van der Waals surface area contributed by atoms with Crippen molar-refractivity contribution >= 4 is 17.9 Å². The molecule has 1 saturated carbocycles. The van der Waals surface area contributed by atoms with Gasteiger partial charge in [-0.3, -0.25) is 14.9 Å². The Morgan fingerprint density at radius 3 is 2.25 bits per heavy atom. The molecule has 0 spiro atoms. The summed E-state index contributed by atoms with van der Waals surface area (Å²) < 4.78 is 0. The molecule has 6 nitrogen and oxygen atoms in total. The standard InChI is InChI=1S/C14H24N2O4/c1-14(2)8-6-10(7-9-14)16(3)13(20)15-11(17)4-5-12(18)19/h10H,4-9H2,1-3H3,(H,18,19)(H,15,17,20). The van der Waals surface area contributed by atoms with Gasteiger partial charge in [-0.15, -0.1) is 0 Å². The number of rotatable bonds is 4. The number of aliphatic carboxylic acids is 1. The molecule has 0 aromatic carbocycles. The van der Waals surface area contributed by atoms with Gasteiger partial charge in [0.1, 0.15) is 0 Å². The molecule has 20 heavy (non-hydrogen) atoms. The van der Waals surface area contributed by atoms with Crippen molar-refractivity contribution in [2.75, 3.05) is 7.05 Å². The van der Waals surface area contributed by atoms with E-state index in [-0.39, 0.29) is 18.9 Å². The maximum absolute atomic E-state index is 11.9. The normalized spacial score (nSPS) is 18.4. The number of urea groups is 1. The fourth-order valence-electron chi connectivity index (χ4n) is 2.43. The van der Waals surface area contributed by atoms with Crippen molar-refractivity contribution < 1.29 is 19.5 Å². The van der Waals surface area contributed by atoms with Gasteiger partial charge < -0.3 is 10.0 Å². The number of carbonyl (C=O) groups excluding carboxylic acids is 2.